The van der Waals surface area contributed by atoms with E-state index < -0.39 is 0 Å². The third-order valence-electron chi connectivity index (χ3n) is 3.79. The van der Waals surface area contributed by atoms with Crippen molar-refractivity contribution < 1.29 is 4.74 Å². The molecule has 1 aromatic rings. The maximum absolute atomic E-state index is 5.52. The Morgan fingerprint density at radius 2 is 2.35 bits per heavy atom. The van der Waals surface area contributed by atoms with E-state index in [1.54, 1.807) is 5.56 Å². The molecule has 0 aliphatic carbocycles. The van der Waals surface area contributed by atoms with Crippen molar-refractivity contribution in [2.45, 2.75) is 25.9 Å². The van der Waals surface area contributed by atoms with Crippen LogP contribution in [-0.2, 0) is 17.7 Å². The number of morpholine rings is 1. The van der Waals surface area contributed by atoms with E-state index in [4.69, 9.17) is 4.74 Å². The van der Waals surface area contributed by atoms with Gasteiger partial charge in [0.2, 0.25) is 0 Å². The molecule has 1 N–H and O–H groups in total. The van der Waals surface area contributed by atoms with Crippen molar-refractivity contribution in [2.75, 3.05) is 31.2 Å². The summed E-state index contributed by atoms with van der Waals surface area (Å²) >= 11 is 0. The fraction of sp³-hybridized carbons (Fsp3) is 0.571. The van der Waals surface area contributed by atoms with Crippen molar-refractivity contribution >= 4 is 5.69 Å². The predicted molar refractivity (Wildman–Crippen MR) is 69.5 cm³/mol. The first-order valence-electron chi connectivity index (χ1n) is 6.52. The number of hydrogen-bond acceptors (Lipinski definition) is 3. The predicted octanol–water partition coefficient (Wildman–Crippen LogP) is 1.56. The highest BCUT2D eigenvalue weighted by molar-refractivity contribution is 5.58. The van der Waals surface area contributed by atoms with Crippen molar-refractivity contribution in [2.24, 2.45) is 0 Å². The smallest absolute Gasteiger partial charge is 0.0668 e. The molecule has 3 heteroatoms. The van der Waals surface area contributed by atoms with Gasteiger partial charge in [-0.05, 0) is 37.1 Å². The van der Waals surface area contributed by atoms with Crippen molar-refractivity contribution in [3.05, 3.63) is 29.3 Å². The molecule has 0 aromatic heterocycles. The summed E-state index contributed by atoms with van der Waals surface area (Å²) in [6.45, 7) is 7.09. The van der Waals surface area contributed by atoms with Gasteiger partial charge in [0.1, 0.15) is 0 Å². The molecule has 2 aliphatic rings. The molecule has 1 aromatic carbocycles. The van der Waals surface area contributed by atoms with Crippen LogP contribution in [0.4, 0.5) is 5.69 Å². The molecule has 1 unspecified atom stereocenters. The summed E-state index contributed by atoms with van der Waals surface area (Å²) in [6.07, 6.45) is 1.15. The van der Waals surface area contributed by atoms with Gasteiger partial charge >= 0.3 is 0 Å². The van der Waals surface area contributed by atoms with Crippen LogP contribution >= 0.6 is 0 Å². The van der Waals surface area contributed by atoms with E-state index in [1.807, 2.05) is 0 Å². The Hall–Kier alpha value is -1.06. The molecule has 3 nitrogen and oxygen atoms in total. The molecular weight excluding hydrogens is 212 g/mol. The van der Waals surface area contributed by atoms with Gasteiger partial charge in [-0.3, -0.25) is 0 Å². The Morgan fingerprint density at radius 1 is 1.41 bits per heavy atom. The lowest BCUT2D eigenvalue weighted by atomic mass is 9.97. The average Bonchev–Trinajstić information content (AvgIpc) is 2.39. The monoisotopic (exact) mass is 232 g/mol. The van der Waals surface area contributed by atoms with Crippen LogP contribution in [0.3, 0.4) is 0 Å². The van der Waals surface area contributed by atoms with Crippen LogP contribution in [-0.4, -0.2) is 32.3 Å². The number of nitrogens with one attached hydrogen (secondary N) is 1. The second kappa shape index (κ2) is 4.67. The van der Waals surface area contributed by atoms with Gasteiger partial charge in [-0.1, -0.05) is 12.1 Å². The molecule has 0 amide bonds. The second-order valence-electron chi connectivity index (χ2n) is 4.96. The molecule has 0 radical (unpaired) electrons. The van der Waals surface area contributed by atoms with Crippen LogP contribution in [0.2, 0.25) is 0 Å². The van der Waals surface area contributed by atoms with Crippen molar-refractivity contribution in [1.82, 2.24) is 5.32 Å². The van der Waals surface area contributed by atoms with E-state index in [0.717, 1.165) is 39.3 Å². The van der Waals surface area contributed by atoms with E-state index in [9.17, 15) is 0 Å². The highest BCUT2D eigenvalue weighted by Gasteiger charge is 2.23. The summed E-state index contributed by atoms with van der Waals surface area (Å²) in [5, 5.41) is 3.44. The number of nitrogens with zero attached hydrogens (tertiary/aromatic N) is 1. The van der Waals surface area contributed by atoms with Crippen LogP contribution < -0.4 is 10.2 Å². The molecule has 2 aliphatic heterocycles. The van der Waals surface area contributed by atoms with Crippen LogP contribution in [0.25, 0.3) is 0 Å². The summed E-state index contributed by atoms with van der Waals surface area (Å²) in [5.41, 5.74) is 4.44. The SMILES string of the molecule is CC1COCCN1c1cccc2c1CCNC2. The summed E-state index contributed by atoms with van der Waals surface area (Å²) < 4.78 is 5.52. The third kappa shape index (κ3) is 2.05. The lowest BCUT2D eigenvalue weighted by Gasteiger charge is -2.37. The quantitative estimate of drug-likeness (QED) is 0.795. The highest BCUT2D eigenvalue weighted by Crippen LogP contribution is 2.28. The van der Waals surface area contributed by atoms with E-state index in [0.29, 0.717) is 6.04 Å². The van der Waals surface area contributed by atoms with E-state index in [2.05, 4.69) is 35.3 Å². The van der Waals surface area contributed by atoms with Gasteiger partial charge in [0.25, 0.3) is 0 Å². The fourth-order valence-electron chi connectivity index (χ4n) is 2.87. The minimum Gasteiger partial charge on any atom is -0.377 e. The zero-order valence-corrected chi connectivity index (χ0v) is 10.4. The zero-order chi connectivity index (χ0) is 11.7. The molecule has 1 atom stereocenters. The van der Waals surface area contributed by atoms with Gasteiger partial charge in [-0.2, -0.15) is 0 Å². The van der Waals surface area contributed by atoms with Gasteiger partial charge in [0, 0.05) is 24.8 Å². The molecule has 1 fully saturated rings. The molecule has 3 rings (SSSR count). The summed E-state index contributed by atoms with van der Waals surface area (Å²) in [7, 11) is 0. The largest absolute Gasteiger partial charge is 0.377 e. The topological polar surface area (TPSA) is 24.5 Å². The Balaban J connectivity index is 1.96. The first-order valence-corrected chi connectivity index (χ1v) is 6.52. The summed E-state index contributed by atoms with van der Waals surface area (Å²) in [6, 6.07) is 7.19. The molecule has 0 saturated carbocycles. The molecule has 92 valence electrons. The zero-order valence-electron chi connectivity index (χ0n) is 10.4. The van der Waals surface area contributed by atoms with Gasteiger partial charge in [-0.15, -0.1) is 0 Å². The fourth-order valence-corrected chi connectivity index (χ4v) is 2.87. The highest BCUT2D eigenvalue weighted by atomic mass is 16.5. The summed E-state index contributed by atoms with van der Waals surface area (Å²) in [5.74, 6) is 0. The maximum Gasteiger partial charge on any atom is 0.0668 e. The number of ether oxygens (including phenoxy) is 1. The van der Waals surface area contributed by atoms with Crippen LogP contribution in [0, 0.1) is 0 Å². The number of anilines is 1. The van der Waals surface area contributed by atoms with Gasteiger partial charge in [0.15, 0.2) is 0 Å². The Kier molecular flexibility index (Phi) is 3.04. The maximum atomic E-state index is 5.52. The van der Waals surface area contributed by atoms with Crippen LogP contribution in [0.1, 0.15) is 18.1 Å². The normalized spacial score (nSPS) is 24.5. The number of hydrogen-bond donors (Lipinski definition) is 1. The van der Waals surface area contributed by atoms with Crippen LogP contribution in [0.5, 0.6) is 0 Å². The molecule has 1 saturated heterocycles. The summed E-state index contributed by atoms with van der Waals surface area (Å²) in [4.78, 5) is 2.51. The first kappa shape index (κ1) is 11.1. The number of benzene rings is 1. The average molecular weight is 232 g/mol. The van der Waals surface area contributed by atoms with Crippen molar-refractivity contribution in [1.29, 1.82) is 0 Å². The van der Waals surface area contributed by atoms with Crippen molar-refractivity contribution in [3.8, 4) is 0 Å². The van der Waals surface area contributed by atoms with Gasteiger partial charge < -0.3 is 15.0 Å². The Bertz CT molecular complexity index is 405. The third-order valence-corrected chi connectivity index (χ3v) is 3.79. The second-order valence-corrected chi connectivity index (χ2v) is 4.96. The van der Waals surface area contributed by atoms with E-state index in [-0.39, 0.29) is 0 Å². The van der Waals surface area contributed by atoms with E-state index in [1.165, 1.54) is 11.3 Å². The van der Waals surface area contributed by atoms with Crippen LogP contribution in [0.15, 0.2) is 18.2 Å². The Labute approximate surface area is 103 Å². The molecular formula is C14H20N2O. The number of fused-ring (bicyclic) bond motifs is 1. The molecule has 0 spiro atoms. The number of rotatable bonds is 1. The minimum absolute atomic E-state index is 0.491. The minimum atomic E-state index is 0.491. The first-order chi connectivity index (χ1) is 8.36. The molecule has 2 heterocycles. The standard InChI is InChI=1S/C14H20N2O/c1-11-10-17-8-7-16(11)14-4-2-3-12-9-15-6-5-13(12)14/h2-4,11,15H,5-10H2,1H3. The lowest BCUT2D eigenvalue weighted by Crippen LogP contribution is -2.44. The van der Waals surface area contributed by atoms with Gasteiger partial charge in [0.05, 0.1) is 13.2 Å². The van der Waals surface area contributed by atoms with Gasteiger partial charge in [-0.25, -0.2) is 0 Å². The van der Waals surface area contributed by atoms with E-state index >= 15 is 0 Å². The van der Waals surface area contributed by atoms with Crippen molar-refractivity contribution in [3.63, 3.8) is 0 Å². The molecule has 17 heavy (non-hydrogen) atoms. The Morgan fingerprint density at radius 3 is 3.24 bits per heavy atom. The molecule has 0 bridgehead atoms. The lowest BCUT2D eigenvalue weighted by molar-refractivity contribution is 0.0988.